The molecule has 9 heteroatoms. The summed E-state index contributed by atoms with van der Waals surface area (Å²) in [6.07, 6.45) is 4.19. The van der Waals surface area contributed by atoms with Gasteiger partial charge in [-0.15, -0.1) is 0 Å². The fourth-order valence-electron chi connectivity index (χ4n) is 5.30. The van der Waals surface area contributed by atoms with E-state index in [9.17, 15) is 4.39 Å². The first-order valence-corrected chi connectivity index (χ1v) is 12.9. The Hall–Kier alpha value is -3.07. The van der Waals surface area contributed by atoms with Crippen molar-refractivity contribution in [2.24, 2.45) is 0 Å². The number of nitrogens with two attached hydrogens (primary N) is 1. The third kappa shape index (κ3) is 4.81. The van der Waals surface area contributed by atoms with Crippen LogP contribution in [-0.2, 0) is 6.54 Å². The van der Waals surface area contributed by atoms with Gasteiger partial charge in [-0.2, -0.15) is 0 Å². The number of benzene rings is 1. The molecule has 0 spiro atoms. The van der Waals surface area contributed by atoms with Gasteiger partial charge in [-0.3, -0.25) is 0 Å². The lowest BCUT2D eigenvalue weighted by Crippen LogP contribution is -2.43. The number of halogens is 2. The van der Waals surface area contributed by atoms with Gasteiger partial charge < -0.3 is 20.1 Å². The van der Waals surface area contributed by atoms with Crippen molar-refractivity contribution in [2.45, 2.75) is 58.2 Å². The van der Waals surface area contributed by atoms with Gasteiger partial charge in [-0.1, -0.05) is 13.8 Å². The number of likely N-dealkylation sites (tertiary alicyclic amines) is 1. The molecule has 1 aromatic carbocycles. The molecule has 2 aromatic heterocycles. The quantitative estimate of drug-likeness (QED) is 0.519. The van der Waals surface area contributed by atoms with Crippen molar-refractivity contribution >= 4 is 11.6 Å². The topological polar surface area (TPSA) is 76.1 Å². The van der Waals surface area contributed by atoms with E-state index in [0.29, 0.717) is 24.3 Å². The van der Waals surface area contributed by atoms with Crippen LogP contribution in [0.3, 0.4) is 0 Å². The van der Waals surface area contributed by atoms with E-state index in [-0.39, 0.29) is 24.2 Å². The molecule has 3 aromatic rings. The van der Waals surface area contributed by atoms with Crippen LogP contribution in [0.5, 0.6) is 0 Å². The highest BCUT2D eigenvalue weighted by molar-refractivity contribution is 5.60. The number of nitrogen functional groups attached to an aromatic ring is 1. The number of rotatable bonds is 7. The van der Waals surface area contributed by atoms with E-state index in [1.165, 1.54) is 18.8 Å². The van der Waals surface area contributed by atoms with Crippen LogP contribution < -0.4 is 10.6 Å². The second kappa shape index (κ2) is 10.1. The van der Waals surface area contributed by atoms with Gasteiger partial charge in [0.05, 0.1) is 18.2 Å². The Morgan fingerprint density at radius 2 is 1.94 bits per heavy atom. The van der Waals surface area contributed by atoms with E-state index in [1.807, 2.05) is 31.0 Å². The van der Waals surface area contributed by atoms with Crippen molar-refractivity contribution in [2.75, 3.05) is 43.4 Å². The molecule has 2 atom stereocenters. The summed E-state index contributed by atoms with van der Waals surface area (Å²) in [7, 11) is 0. The monoisotopic (exact) mass is 495 g/mol. The molecule has 1 unspecified atom stereocenters. The van der Waals surface area contributed by atoms with E-state index in [4.69, 9.17) is 10.7 Å². The number of alkyl halides is 1. The summed E-state index contributed by atoms with van der Waals surface area (Å²) < 4.78 is 31.8. The van der Waals surface area contributed by atoms with Crippen LogP contribution in [-0.4, -0.2) is 63.3 Å². The third-order valence-electron chi connectivity index (χ3n) is 7.51. The van der Waals surface area contributed by atoms with Crippen LogP contribution in [0.2, 0.25) is 0 Å². The molecule has 36 heavy (non-hydrogen) atoms. The van der Waals surface area contributed by atoms with Gasteiger partial charge >= 0.3 is 0 Å². The van der Waals surface area contributed by atoms with Gasteiger partial charge in [-0.25, -0.2) is 23.7 Å². The Labute approximate surface area is 211 Å². The molecule has 4 heterocycles. The molecule has 7 nitrogen and oxygen atoms in total. The van der Waals surface area contributed by atoms with Gasteiger partial charge in [-0.05, 0) is 62.5 Å². The molecule has 0 radical (unpaired) electrons. The predicted molar refractivity (Wildman–Crippen MR) is 138 cm³/mol. The first kappa shape index (κ1) is 24.6. The fraction of sp³-hybridized carbons (Fsp3) is 0.519. The molecule has 0 aliphatic carbocycles. The number of hydrogen-bond acceptors (Lipinski definition) is 6. The summed E-state index contributed by atoms with van der Waals surface area (Å²) in [5.41, 5.74) is 9.20. The smallest absolute Gasteiger partial charge is 0.137 e. The Morgan fingerprint density at radius 1 is 1.14 bits per heavy atom. The van der Waals surface area contributed by atoms with Crippen LogP contribution >= 0.6 is 0 Å². The average Bonchev–Trinajstić information content (AvgIpc) is 3.23. The summed E-state index contributed by atoms with van der Waals surface area (Å²) in [5, 5.41) is 0. The predicted octanol–water partition coefficient (Wildman–Crippen LogP) is 4.53. The summed E-state index contributed by atoms with van der Waals surface area (Å²) in [4.78, 5) is 17.9. The van der Waals surface area contributed by atoms with E-state index < -0.39 is 6.17 Å². The summed E-state index contributed by atoms with van der Waals surface area (Å²) >= 11 is 0. The molecule has 2 aliphatic rings. The highest BCUT2D eigenvalue weighted by atomic mass is 19.1. The van der Waals surface area contributed by atoms with Crippen molar-refractivity contribution in [3.63, 3.8) is 0 Å². The molecule has 192 valence electrons. The number of aryl methyl sites for hydroxylation is 1. The highest BCUT2D eigenvalue weighted by Crippen LogP contribution is 2.36. The molecule has 0 saturated carbocycles. The van der Waals surface area contributed by atoms with Crippen molar-refractivity contribution in [3.05, 3.63) is 53.5 Å². The molecule has 2 fully saturated rings. The molecule has 2 aliphatic heterocycles. The summed E-state index contributed by atoms with van der Waals surface area (Å²) in [6.45, 7) is 10.6. The number of anilines is 2. The molecular weight excluding hydrogens is 460 g/mol. The lowest BCUT2D eigenvalue weighted by Gasteiger charge is -2.37. The number of aromatic nitrogens is 4. The van der Waals surface area contributed by atoms with Gasteiger partial charge in [0.15, 0.2) is 0 Å². The van der Waals surface area contributed by atoms with Crippen molar-refractivity contribution in [1.29, 1.82) is 0 Å². The molecule has 0 bridgehead atoms. The third-order valence-corrected chi connectivity index (χ3v) is 7.51. The molecule has 2 saturated heterocycles. The number of imidazole rings is 1. The fourth-order valence-corrected chi connectivity index (χ4v) is 5.30. The minimum absolute atomic E-state index is 0.138. The van der Waals surface area contributed by atoms with Gasteiger partial charge in [0, 0.05) is 37.0 Å². The Kier molecular flexibility index (Phi) is 6.92. The number of piperidine rings is 1. The zero-order chi connectivity index (χ0) is 25.4. The van der Waals surface area contributed by atoms with Crippen LogP contribution in [0.1, 0.15) is 55.5 Å². The van der Waals surface area contributed by atoms with E-state index in [0.717, 1.165) is 54.6 Å². The van der Waals surface area contributed by atoms with Crippen molar-refractivity contribution in [3.8, 4) is 11.3 Å². The molecular formula is C27H35F2N7. The summed E-state index contributed by atoms with van der Waals surface area (Å²) in [6, 6.07) is 5.03. The standard InChI is InChI=1S/C27H35F2N7/c1-17(2)24-25(30)31-16-32-27(24)35-10-7-20(22(29)14-35)26-33-23(19-5-6-21(28)18(3)13-19)15-36(26)12-11-34-8-4-9-34/h5-6,13,15-17,20,22H,4,7-12,14H2,1-3H3,(H2,30,31,32)/t20?,22-/m0/s1. The lowest BCUT2D eigenvalue weighted by molar-refractivity contribution is 0.172. The van der Waals surface area contributed by atoms with Gasteiger partial charge in [0.2, 0.25) is 0 Å². The normalized spacial score (nSPS) is 20.7. The maximum Gasteiger partial charge on any atom is 0.137 e. The number of nitrogens with zero attached hydrogens (tertiary/aromatic N) is 6. The Bertz CT molecular complexity index is 1220. The zero-order valence-electron chi connectivity index (χ0n) is 21.3. The van der Waals surface area contributed by atoms with Gasteiger partial charge in [0.1, 0.15) is 35.8 Å². The first-order valence-electron chi connectivity index (χ1n) is 12.9. The van der Waals surface area contributed by atoms with E-state index in [2.05, 4.69) is 19.4 Å². The largest absolute Gasteiger partial charge is 0.383 e. The minimum atomic E-state index is -1.11. The zero-order valence-corrected chi connectivity index (χ0v) is 21.3. The van der Waals surface area contributed by atoms with Crippen LogP contribution in [0, 0.1) is 12.7 Å². The van der Waals surface area contributed by atoms with Crippen LogP contribution in [0.15, 0.2) is 30.7 Å². The lowest BCUT2D eigenvalue weighted by atomic mass is 9.93. The van der Waals surface area contributed by atoms with E-state index >= 15 is 4.39 Å². The summed E-state index contributed by atoms with van der Waals surface area (Å²) in [5.74, 6) is 1.52. The highest BCUT2D eigenvalue weighted by Gasteiger charge is 2.35. The number of hydrogen-bond donors (Lipinski definition) is 1. The molecule has 2 N–H and O–H groups in total. The SMILES string of the molecule is Cc1cc(-c2cn(CCN3CCC3)c(C3CCN(c4ncnc(N)c4C(C)C)C[C@@H]3F)n2)ccc1F. The Morgan fingerprint density at radius 3 is 2.61 bits per heavy atom. The van der Waals surface area contributed by atoms with E-state index in [1.54, 1.807) is 13.0 Å². The van der Waals surface area contributed by atoms with Crippen molar-refractivity contribution in [1.82, 2.24) is 24.4 Å². The van der Waals surface area contributed by atoms with Gasteiger partial charge in [0.25, 0.3) is 0 Å². The average molecular weight is 496 g/mol. The maximum absolute atomic E-state index is 15.9. The molecule has 0 amide bonds. The van der Waals surface area contributed by atoms with Crippen LogP contribution in [0.4, 0.5) is 20.4 Å². The second-order valence-electron chi connectivity index (χ2n) is 10.3. The first-order chi connectivity index (χ1) is 17.3. The minimum Gasteiger partial charge on any atom is -0.383 e. The Balaban J connectivity index is 1.41. The molecule has 5 rings (SSSR count). The second-order valence-corrected chi connectivity index (χ2v) is 10.3. The van der Waals surface area contributed by atoms with Crippen LogP contribution in [0.25, 0.3) is 11.3 Å². The van der Waals surface area contributed by atoms with Crippen molar-refractivity contribution < 1.29 is 8.78 Å². The maximum atomic E-state index is 15.9.